The van der Waals surface area contributed by atoms with Crippen LogP contribution in [0.4, 0.5) is 11.8 Å². The van der Waals surface area contributed by atoms with Gasteiger partial charge in [0, 0.05) is 44.0 Å². The fourth-order valence-electron chi connectivity index (χ4n) is 3.58. The van der Waals surface area contributed by atoms with Crippen molar-refractivity contribution in [3.63, 3.8) is 0 Å². The van der Waals surface area contributed by atoms with Gasteiger partial charge in [0.15, 0.2) is 0 Å². The molecule has 0 atom stereocenters. The molecule has 0 saturated heterocycles. The summed E-state index contributed by atoms with van der Waals surface area (Å²) in [6, 6.07) is 9.79. The van der Waals surface area contributed by atoms with Crippen molar-refractivity contribution in [2.75, 3.05) is 30.9 Å². The Morgan fingerprint density at radius 1 is 1.15 bits per heavy atom. The quantitative estimate of drug-likeness (QED) is 0.820. The summed E-state index contributed by atoms with van der Waals surface area (Å²) in [5.74, 6) is 2.20. The van der Waals surface area contributed by atoms with Gasteiger partial charge in [-0.2, -0.15) is 4.98 Å². The maximum Gasteiger partial charge on any atom is 0.251 e. The average molecular weight is 367 g/mol. The Hall–Kier alpha value is -2.63. The van der Waals surface area contributed by atoms with Crippen molar-refractivity contribution in [1.29, 1.82) is 0 Å². The molecule has 1 amide bonds. The molecule has 3 rings (SSSR count). The van der Waals surface area contributed by atoms with Crippen molar-refractivity contribution in [2.24, 2.45) is 5.92 Å². The van der Waals surface area contributed by atoms with Gasteiger partial charge < -0.3 is 15.5 Å². The lowest BCUT2D eigenvalue weighted by atomic mass is 9.86. The van der Waals surface area contributed by atoms with Crippen LogP contribution in [-0.2, 0) is 0 Å². The van der Waals surface area contributed by atoms with Gasteiger partial charge in [0.2, 0.25) is 5.95 Å². The lowest BCUT2D eigenvalue weighted by Gasteiger charge is -2.29. The summed E-state index contributed by atoms with van der Waals surface area (Å²) in [4.78, 5) is 23.2. The highest BCUT2D eigenvalue weighted by molar-refractivity contribution is 5.94. The number of hydrogen-bond donors (Lipinski definition) is 2. The van der Waals surface area contributed by atoms with Crippen LogP contribution in [0.5, 0.6) is 0 Å². The second kappa shape index (κ2) is 8.84. The molecule has 2 aromatic rings. The van der Waals surface area contributed by atoms with Crippen molar-refractivity contribution in [1.82, 2.24) is 15.3 Å². The Labute approximate surface area is 161 Å². The number of benzene rings is 1. The summed E-state index contributed by atoms with van der Waals surface area (Å²) >= 11 is 0. The molecule has 2 N–H and O–H groups in total. The van der Waals surface area contributed by atoms with Crippen LogP contribution in [0, 0.1) is 12.8 Å². The van der Waals surface area contributed by atoms with Crippen LogP contribution in [0.1, 0.15) is 41.6 Å². The number of carbonyl (C=O) groups excluding carboxylic acids is 1. The molecule has 0 bridgehead atoms. The second-order valence-electron chi connectivity index (χ2n) is 7.53. The normalized spacial score (nSPS) is 19.4. The molecule has 1 fully saturated rings. The Bertz CT molecular complexity index is 754. The lowest BCUT2D eigenvalue weighted by Crippen LogP contribution is -2.34. The van der Waals surface area contributed by atoms with Crippen LogP contribution in [0.3, 0.4) is 0 Å². The number of rotatable bonds is 6. The summed E-state index contributed by atoms with van der Waals surface area (Å²) in [6.45, 7) is 2.76. The van der Waals surface area contributed by atoms with E-state index in [-0.39, 0.29) is 5.91 Å². The van der Waals surface area contributed by atoms with Gasteiger partial charge in [-0.3, -0.25) is 4.79 Å². The minimum atomic E-state index is 0.0140. The number of anilines is 2. The summed E-state index contributed by atoms with van der Waals surface area (Å²) in [5, 5.41) is 6.55. The first-order chi connectivity index (χ1) is 13.0. The fraction of sp³-hybridized carbons (Fsp3) is 0.476. The first kappa shape index (κ1) is 19.1. The number of hydrogen-bond acceptors (Lipinski definition) is 5. The van der Waals surface area contributed by atoms with Gasteiger partial charge in [-0.25, -0.2) is 4.98 Å². The number of aryl methyl sites for hydroxylation is 1. The van der Waals surface area contributed by atoms with Crippen molar-refractivity contribution >= 4 is 17.7 Å². The molecule has 1 aliphatic carbocycles. The molecular weight excluding hydrogens is 338 g/mol. The molecule has 1 aromatic heterocycles. The zero-order valence-corrected chi connectivity index (χ0v) is 16.4. The monoisotopic (exact) mass is 367 g/mol. The van der Waals surface area contributed by atoms with Crippen molar-refractivity contribution in [3.05, 3.63) is 47.7 Å². The molecule has 1 aromatic carbocycles. The Balaban J connectivity index is 1.45. The Morgan fingerprint density at radius 3 is 2.52 bits per heavy atom. The molecule has 0 spiro atoms. The summed E-state index contributed by atoms with van der Waals surface area (Å²) in [6.07, 6.45) is 6.20. The predicted molar refractivity (Wildman–Crippen MR) is 109 cm³/mol. The number of aromatic nitrogens is 2. The first-order valence-electron chi connectivity index (χ1n) is 9.63. The third-order valence-electron chi connectivity index (χ3n) is 5.14. The summed E-state index contributed by atoms with van der Waals surface area (Å²) in [5.41, 5.74) is 1.80. The zero-order chi connectivity index (χ0) is 19.2. The molecule has 1 aliphatic rings. The van der Waals surface area contributed by atoms with Crippen molar-refractivity contribution in [2.45, 2.75) is 38.6 Å². The highest BCUT2D eigenvalue weighted by Gasteiger charge is 2.22. The molecule has 144 valence electrons. The van der Waals surface area contributed by atoms with Gasteiger partial charge in [-0.1, -0.05) is 18.2 Å². The molecule has 1 heterocycles. The van der Waals surface area contributed by atoms with Crippen molar-refractivity contribution in [3.8, 4) is 0 Å². The van der Waals surface area contributed by atoms with Gasteiger partial charge in [0.25, 0.3) is 5.91 Å². The van der Waals surface area contributed by atoms with Crippen LogP contribution in [0.15, 0.2) is 36.5 Å². The van der Waals surface area contributed by atoms with E-state index in [1.165, 1.54) is 0 Å². The molecule has 6 heteroatoms. The first-order valence-corrected chi connectivity index (χ1v) is 9.63. The maximum atomic E-state index is 12.2. The second-order valence-corrected chi connectivity index (χ2v) is 7.53. The van der Waals surface area contributed by atoms with Crippen molar-refractivity contribution < 1.29 is 4.79 Å². The average Bonchev–Trinajstić information content (AvgIpc) is 2.69. The van der Waals surface area contributed by atoms with E-state index in [0.717, 1.165) is 49.2 Å². The van der Waals surface area contributed by atoms with E-state index < -0.39 is 0 Å². The number of amides is 1. The fourth-order valence-corrected chi connectivity index (χ4v) is 3.58. The molecular formula is C21H29N5O. The van der Waals surface area contributed by atoms with E-state index in [9.17, 15) is 4.79 Å². The predicted octanol–water partition coefficient (Wildman–Crippen LogP) is 3.25. The smallest absolute Gasteiger partial charge is 0.251 e. The van der Waals surface area contributed by atoms with E-state index in [4.69, 9.17) is 0 Å². The largest absolute Gasteiger partial charge is 0.362 e. The van der Waals surface area contributed by atoms with Crippen LogP contribution in [0.2, 0.25) is 0 Å². The minimum Gasteiger partial charge on any atom is -0.362 e. The highest BCUT2D eigenvalue weighted by atomic mass is 16.1. The van der Waals surface area contributed by atoms with Gasteiger partial charge in [-0.15, -0.1) is 0 Å². The Morgan fingerprint density at radius 2 is 1.85 bits per heavy atom. The van der Waals surface area contributed by atoms with Gasteiger partial charge in [0.1, 0.15) is 5.82 Å². The molecule has 0 unspecified atom stereocenters. The molecule has 0 radical (unpaired) electrons. The van der Waals surface area contributed by atoms with E-state index in [1.54, 1.807) is 0 Å². The summed E-state index contributed by atoms with van der Waals surface area (Å²) < 4.78 is 0. The Kier molecular flexibility index (Phi) is 6.27. The summed E-state index contributed by atoms with van der Waals surface area (Å²) in [7, 11) is 3.99. The van der Waals surface area contributed by atoms with Gasteiger partial charge in [0.05, 0.1) is 0 Å². The maximum absolute atomic E-state index is 12.2. The van der Waals surface area contributed by atoms with Crippen LogP contribution < -0.4 is 15.5 Å². The molecule has 27 heavy (non-hydrogen) atoms. The van der Waals surface area contributed by atoms with Crippen LogP contribution >= 0.6 is 0 Å². The lowest BCUT2D eigenvalue weighted by molar-refractivity contribution is 0.0943. The molecule has 0 aliphatic heterocycles. The number of nitrogens with zero attached hydrogens (tertiary/aromatic N) is 3. The number of carbonyl (C=O) groups is 1. The number of nitrogens with one attached hydrogen (secondary N) is 2. The standard InChI is InChI=1S/C21H29N5O/c1-15-13-23-21(25-19(15)26(2)3)24-18-11-9-16(10-12-18)14-22-20(27)17-7-5-4-6-8-17/h4-8,13,16,18H,9-12,14H2,1-3H3,(H,22,27)(H,23,24,25)/t16-,18+. The highest BCUT2D eigenvalue weighted by Crippen LogP contribution is 2.26. The van der Waals surface area contributed by atoms with E-state index >= 15 is 0 Å². The van der Waals surface area contributed by atoms with E-state index in [1.807, 2.05) is 62.4 Å². The topological polar surface area (TPSA) is 70.1 Å². The van der Waals surface area contributed by atoms with Gasteiger partial charge >= 0.3 is 0 Å². The minimum absolute atomic E-state index is 0.0140. The van der Waals surface area contributed by atoms with E-state index in [2.05, 4.69) is 20.6 Å². The van der Waals surface area contributed by atoms with Gasteiger partial charge in [-0.05, 0) is 50.7 Å². The van der Waals surface area contributed by atoms with Crippen LogP contribution in [0.25, 0.3) is 0 Å². The van der Waals surface area contributed by atoms with Crippen LogP contribution in [-0.4, -0.2) is 42.6 Å². The van der Waals surface area contributed by atoms with E-state index in [0.29, 0.717) is 17.9 Å². The molecule has 6 nitrogen and oxygen atoms in total. The third-order valence-corrected chi connectivity index (χ3v) is 5.14. The molecule has 1 saturated carbocycles. The third kappa shape index (κ3) is 5.18. The zero-order valence-electron chi connectivity index (χ0n) is 16.4. The SMILES string of the molecule is Cc1cnc(N[C@H]2CC[C@@H](CNC(=O)c3ccccc3)CC2)nc1N(C)C.